The number of nitrogen functional groups attached to an aromatic ring is 1. The molecule has 1 saturated heterocycles. The average Bonchev–Trinajstić information content (AvgIpc) is 2.50. The standard InChI is InChI=1S/C13H20N4S/c1-13(2)4-6-17(7-8-18-13)11-9-10(12(14)15)3-5-16-11/h3,5,9H,4,6-8H2,1-2H3,(H3,14,15). The summed E-state index contributed by atoms with van der Waals surface area (Å²) < 4.78 is 0.340. The second kappa shape index (κ2) is 5.18. The van der Waals surface area contributed by atoms with Gasteiger partial charge in [0.05, 0.1) is 0 Å². The van der Waals surface area contributed by atoms with E-state index in [2.05, 4.69) is 23.7 Å². The molecule has 0 aliphatic carbocycles. The highest BCUT2D eigenvalue weighted by Gasteiger charge is 2.24. The van der Waals surface area contributed by atoms with Crippen LogP contribution in [0.3, 0.4) is 0 Å². The topological polar surface area (TPSA) is 66.0 Å². The van der Waals surface area contributed by atoms with Gasteiger partial charge in [-0.05, 0) is 18.6 Å². The fraction of sp³-hybridized carbons (Fsp3) is 0.538. The van der Waals surface area contributed by atoms with Crippen LogP contribution in [0.1, 0.15) is 25.8 Å². The molecule has 0 unspecified atom stereocenters. The van der Waals surface area contributed by atoms with E-state index in [1.165, 1.54) is 0 Å². The molecule has 1 aromatic rings. The molecular weight excluding hydrogens is 244 g/mol. The molecule has 0 bridgehead atoms. The molecule has 0 aromatic carbocycles. The number of amidine groups is 1. The highest BCUT2D eigenvalue weighted by molar-refractivity contribution is 8.00. The number of nitrogens with two attached hydrogens (primary N) is 1. The lowest BCUT2D eigenvalue weighted by Gasteiger charge is -2.23. The van der Waals surface area contributed by atoms with Crippen LogP contribution in [0.15, 0.2) is 18.3 Å². The molecule has 18 heavy (non-hydrogen) atoms. The fourth-order valence-corrected chi connectivity index (χ4v) is 3.11. The Morgan fingerprint density at radius 3 is 3.00 bits per heavy atom. The number of aromatic nitrogens is 1. The molecular formula is C13H20N4S. The smallest absolute Gasteiger partial charge is 0.129 e. The third-order valence-electron chi connectivity index (χ3n) is 3.22. The van der Waals surface area contributed by atoms with Gasteiger partial charge in [-0.1, -0.05) is 13.8 Å². The summed E-state index contributed by atoms with van der Waals surface area (Å²) in [6.45, 7) is 6.60. The van der Waals surface area contributed by atoms with E-state index in [-0.39, 0.29) is 5.84 Å². The Balaban J connectivity index is 2.16. The van der Waals surface area contributed by atoms with Gasteiger partial charge in [-0.25, -0.2) is 4.98 Å². The van der Waals surface area contributed by atoms with E-state index in [4.69, 9.17) is 11.1 Å². The number of rotatable bonds is 2. The van der Waals surface area contributed by atoms with Crippen LogP contribution < -0.4 is 10.6 Å². The summed E-state index contributed by atoms with van der Waals surface area (Å²) in [5, 5.41) is 7.48. The molecule has 5 heteroatoms. The van der Waals surface area contributed by atoms with Crippen LogP contribution in [0.4, 0.5) is 5.82 Å². The normalized spacial score (nSPS) is 19.3. The molecule has 1 fully saturated rings. The van der Waals surface area contributed by atoms with Crippen molar-refractivity contribution in [1.82, 2.24) is 4.98 Å². The lowest BCUT2D eigenvalue weighted by molar-refractivity contribution is 0.635. The van der Waals surface area contributed by atoms with Crippen LogP contribution in [0, 0.1) is 5.41 Å². The van der Waals surface area contributed by atoms with Crippen LogP contribution in [-0.4, -0.2) is 34.4 Å². The molecule has 2 heterocycles. The summed E-state index contributed by atoms with van der Waals surface area (Å²) in [6.07, 6.45) is 2.87. The summed E-state index contributed by atoms with van der Waals surface area (Å²) >= 11 is 2.01. The molecule has 3 N–H and O–H groups in total. The van der Waals surface area contributed by atoms with Crippen LogP contribution in [0.25, 0.3) is 0 Å². The Labute approximate surface area is 112 Å². The number of hydrogen-bond acceptors (Lipinski definition) is 4. The first kappa shape index (κ1) is 13.2. The van der Waals surface area contributed by atoms with Crippen molar-refractivity contribution in [2.24, 2.45) is 5.73 Å². The molecule has 0 saturated carbocycles. The number of anilines is 1. The van der Waals surface area contributed by atoms with E-state index in [9.17, 15) is 0 Å². The van der Waals surface area contributed by atoms with Gasteiger partial charge in [0.15, 0.2) is 0 Å². The van der Waals surface area contributed by atoms with Crippen LogP contribution in [0.2, 0.25) is 0 Å². The molecule has 98 valence electrons. The maximum atomic E-state index is 7.48. The van der Waals surface area contributed by atoms with E-state index in [1.807, 2.05) is 17.8 Å². The summed E-state index contributed by atoms with van der Waals surface area (Å²) in [4.78, 5) is 6.69. The van der Waals surface area contributed by atoms with Crippen molar-refractivity contribution in [3.8, 4) is 0 Å². The summed E-state index contributed by atoms with van der Waals surface area (Å²) in [5.74, 6) is 2.14. The highest BCUT2D eigenvalue weighted by Crippen LogP contribution is 2.31. The quantitative estimate of drug-likeness (QED) is 0.634. The zero-order valence-corrected chi connectivity index (χ0v) is 11.8. The van der Waals surface area contributed by atoms with Gasteiger partial charge in [-0.2, -0.15) is 11.8 Å². The molecule has 0 radical (unpaired) electrons. The SMILES string of the molecule is CC1(C)CCN(c2cc(C(=N)N)ccn2)CCS1. The van der Waals surface area contributed by atoms with Crippen LogP contribution in [-0.2, 0) is 0 Å². The zero-order valence-electron chi connectivity index (χ0n) is 10.9. The van der Waals surface area contributed by atoms with Crippen LogP contribution in [0.5, 0.6) is 0 Å². The Hall–Kier alpha value is -1.23. The lowest BCUT2D eigenvalue weighted by atomic mass is 10.1. The fourth-order valence-electron chi connectivity index (χ4n) is 2.01. The molecule has 0 atom stereocenters. The monoisotopic (exact) mass is 264 g/mol. The third kappa shape index (κ3) is 3.16. The third-order valence-corrected chi connectivity index (χ3v) is 4.59. The number of nitrogens with zero attached hydrogens (tertiary/aromatic N) is 2. The zero-order chi connectivity index (χ0) is 13.2. The van der Waals surface area contributed by atoms with Gasteiger partial charge in [0.1, 0.15) is 11.7 Å². The first-order valence-corrected chi connectivity index (χ1v) is 7.16. The summed E-state index contributed by atoms with van der Waals surface area (Å²) in [5.41, 5.74) is 6.27. The van der Waals surface area contributed by atoms with E-state index in [0.717, 1.165) is 36.6 Å². The van der Waals surface area contributed by atoms with Gasteiger partial charge in [0, 0.05) is 35.3 Å². The largest absolute Gasteiger partial charge is 0.384 e. The minimum Gasteiger partial charge on any atom is -0.384 e. The van der Waals surface area contributed by atoms with E-state index >= 15 is 0 Å². The molecule has 1 aliphatic heterocycles. The van der Waals surface area contributed by atoms with Gasteiger partial charge in [0.2, 0.25) is 0 Å². The van der Waals surface area contributed by atoms with E-state index in [1.54, 1.807) is 12.3 Å². The van der Waals surface area contributed by atoms with Crippen LogP contribution >= 0.6 is 11.8 Å². The molecule has 0 spiro atoms. The van der Waals surface area contributed by atoms with E-state index in [0.29, 0.717) is 4.75 Å². The van der Waals surface area contributed by atoms with Gasteiger partial charge >= 0.3 is 0 Å². The van der Waals surface area contributed by atoms with Crippen molar-refractivity contribution in [3.05, 3.63) is 23.9 Å². The Bertz CT molecular complexity index is 444. The van der Waals surface area contributed by atoms with Gasteiger partial charge < -0.3 is 10.6 Å². The maximum Gasteiger partial charge on any atom is 0.129 e. The second-order valence-electron chi connectivity index (χ2n) is 5.16. The molecule has 1 aliphatic rings. The molecule has 1 aromatic heterocycles. The van der Waals surface area contributed by atoms with Gasteiger partial charge in [-0.3, -0.25) is 5.41 Å². The second-order valence-corrected chi connectivity index (χ2v) is 6.96. The first-order valence-electron chi connectivity index (χ1n) is 6.17. The predicted octanol–water partition coefficient (Wildman–Crippen LogP) is 2.09. The van der Waals surface area contributed by atoms with Gasteiger partial charge in [0.25, 0.3) is 0 Å². The number of thioether (sulfide) groups is 1. The van der Waals surface area contributed by atoms with Crippen molar-refractivity contribution in [1.29, 1.82) is 5.41 Å². The van der Waals surface area contributed by atoms with E-state index < -0.39 is 0 Å². The minimum atomic E-state index is 0.100. The first-order chi connectivity index (χ1) is 8.48. The Morgan fingerprint density at radius 1 is 1.50 bits per heavy atom. The molecule has 2 rings (SSSR count). The summed E-state index contributed by atoms with van der Waals surface area (Å²) in [6, 6.07) is 3.69. The van der Waals surface area contributed by atoms with Crippen molar-refractivity contribution in [2.75, 3.05) is 23.7 Å². The Morgan fingerprint density at radius 2 is 2.28 bits per heavy atom. The van der Waals surface area contributed by atoms with Crippen molar-refractivity contribution >= 4 is 23.4 Å². The number of hydrogen-bond donors (Lipinski definition) is 2. The molecule has 4 nitrogen and oxygen atoms in total. The maximum absolute atomic E-state index is 7.48. The summed E-state index contributed by atoms with van der Waals surface area (Å²) in [7, 11) is 0. The molecule has 0 amide bonds. The van der Waals surface area contributed by atoms with Crippen molar-refractivity contribution in [3.63, 3.8) is 0 Å². The predicted molar refractivity (Wildman–Crippen MR) is 78.6 cm³/mol. The number of pyridine rings is 1. The highest BCUT2D eigenvalue weighted by atomic mass is 32.2. The van der Waals surface area contributed by atoms with Crippen molar-refractivity contribution < 1.29 is 0 Å². The lowest BCUT2D eigenvalue weighted by Crippen LogP contribution is -2.28. The minimum absolute atomic E-state index is 0.100. The number of nitrogens with one attached hydrogen (secondary N) is 1. The van der Waals surface area contributed by atoms with Gasteiger partial charge in [-0.15, -0.1) is 0 Å². The van der Waals surface area contributed by atoms with Crippen molar-refractivity contribution in [2.45, 2.75) is 25.0 Å². The average molecular weight is 264 g/mol. The Kier molecular flexibility index (Phi) is 3.80.